The lowest BCUT2D eigenvalue weighted by Crippen LogP contribution is -2.35. The summed E-state index contributed by atoms with van der Waals surface area (Å²) in [6.45, 7) is 2.72. The van der Waals surface area contributed by atoms with E-state index in [2.05, 4.69) is 31.2 Å². The van der Waals surface area contributed by atoms with Crippen LogP contribution in [0.2, 0.25) is 0 Å². The Kier molecular flexibility index (Phi) is 3.71. The minimum Gasteiger partial charge on any atom is -0.395 e. The van der Waals surface area contributed by atoms with Crippen LogP contribution in [0.4, 0.5) is 0 Å². The normalized spacial score (nSPS) is 16.4. The van der Waals surface area contributed by atoms with Crippen LogP contribution in [0.1, 0.15) is 30.9 Å². The van der Waals surface area contributed by atoms with Gasteiger partial charge < -0.3 is 10.0 Å². The van der Waals surface area contributed by atoms with Crippen molar-refractivity contribution in [1.29, 1.82) is 0 Å². The van der Waals surface area contributed by atoms with Crippen LogP contribution in [-0.4, -0.2) is 29.6 Å². The molecule has 3 nitrogen and oxygen atoms in total. The van der Waals surface area contributed by atoms with Gasteiger partial charge in [-0.15, -0.1) is 0 Å². The molecule has 1 fully saturated rings. The van der Waals surface area contributed by atoms with Crippen molar-refractivity contribution in [2.24, 2.45) is 5.41 Å². The number of hydrogen-bond acceptors (Lipinski definition) is 2. The van der Waals surface area contributed by atoms with Crippen molar-refractivity contribution in [2.45, 2.75) is 32.7 Å². The van der Waals surface area contributed by atoms with Crippen molar-refractivity contribution < 1.29 is 9.90 Å². The summed E-state index contributed by atoms with van der Waals surface area (Å²) in [5.41, 5.74) is 1.98. The van der Waals surface area contributed by atoms with Crippen molar-refractivity contribution in [1.82, 2.24) is 4.90 Å². The Hall–Kier alpha value is -1.35. The van der Waals surface area contributed by atoms with E-state index in [0.29, 0.717) is 6.54 Å². The number of hydrogen-bond donors (Lipinski definition) is 1. The highest BCUT2D eigenvalue weighted by molar-refractivity contribution is 5.85. The van der Waals surface area contributed by atoms with Crippen LogP contribution in [0.15, 0.2) is 24.3 Å². The summed E-state index contributed by atoms with van der Waals surface area (Å²) in [7, 11) is 1.81. The van der Waals surface area contributed by atoms with Crippen LogP contribution in [0.25, 0.3) is 0 Å². The topological polar surface area (TPSA) is 40.5 Å². The zero-order chi connectivity index (χ0) is 13.2. The van der Waals surface area contributed by atoms with Crippen molar-refractivity contribution in [3.63, 3.8) is 0 Å². The van der Waals surface area contributed by atoms with Crippen molar-refractivity contribution in [3.05, 3.63) is 35.4 Å². The highest BCUT2D eigenvalue weighted by atomic mass is 16.3. The van der Waals surface area contributed by atoms with Crippen molar-refractivity contribution in [2.75, 3.05) is 13.7 Å². The molecule has 1 aromatic carbocycles. The first kappa shape index (κ1) is 13.1. The molecular weight excluding hydrogens is 226 g/mol. The number of nitrogens with zero attached hydrogens (tertiary/aromatic N) is 1. The van der Waals surface area contributed by atoms with Crippen molar-refractivity contribution >= 4 is 5.91 Å². The molecule has 1 saturated carbocycles. The summed E-state index contributed by atoms with van der Waals surface area (Å²) in [5, 5.41) is 9.26. The fourth-order valence-corrected chi connectivity index (χ4v) is 2.22. The molecule has 0 atom stereocenters. The molecule has 1 aliphatic carbocycles. The molecule has 0 spiro atoms. The lowest BCUT2D eigenvalue weighted by molar-refractivity contribution is -0.137. The van der Waals surface area contributed by atoms with E-state index >= 15 is 0 Å². The molecular formula is C15H21NO2. The van der Waals surface area contributed by atoms with Crippen LogP contribution in [0.5, 0.6) is 0 Å². The Morgan fingerprint density at radius 2 is 1.83 bits per heavy atom. The third kappa shape index (κ3) is 2.56. The molecule has 0 unspecified atom stereocenters. The van der Waals surface area contributed by atoms with E-state index < -0.39 is 5.41 Å². The van der Waals surface area contributed by atoms with Gasteiger partial charge in [0.05, 0.1) is 12.0 Å². The van der Waals surface area contributed by atoms with Gasteiger partial charge >= 0.3 is 0 Å². The van der Waals surface area contributed by atoms with Crippen LogP contribution in [0.3, 0.4) is 0 Å². The second kappa shape index (κ2) is 5.11. The number of aliphatic hydroxyl groups is 1. The first-order chi connectivity index (χ1) is 8.61. The molecule has 0 aliphatic heterocycles. The van der Waals surface area contributed by atoms with Crippen LogP contribution >= 0.6 is 0 Å². The highest BCUT2D eigenvalue weighted by Crippen LogP contribution is 2.46. The number of rotatable bonds is 5. The Balaban J connectivity index is 1.98. The van der Waals surface area contributed by atoms with E-state index in [1.165, 1.54) is 5.56 Å². The van der Waals surface area contributed by atoms with E-state index in [0.717, 1.165) is 24.8 Å². The van der Waals surface area contributed by atoms with Crippen molar-refractivity contribution in [3.8, 4) is 0 Å². The molecule has 18 heavy (non-hydrogen) atoms. The number of carbonyl (C=O) groups excluding carboxylic acids is 1. The largest absolute Gasteiger partial charge is 0.395 e. The zero-order valence-electron chi connectivity index (χ0n) is 11.1. The number of carbonyl (C=O) groups is 1. The number of aryl methyl sites for hydroxylation is 1. The minimum atomic E-state index is -0.460. The van der Waals surface area contributed by atoms with E-state index in [-0.39, 0.29) is 12.5 Å². The molecule has 0 radical (unpaired) electrons. The Morgan fingerprint density at radius 1 is 1.28 bits per heavy atom. The quantitative estimate of drug-likeness (QED) is 0.864. The van der Waals surface area contributed by atoms with Gasteiger partial charge in [-0.25, -0.2) is 0 Å². The maximum absolute atomic E-state index is 12.2. The van der Waals surface area contributed by atoms with Gasteiger partial charge in [-0.2, -0.15) is 0 Å². The molecule has 0 saturated heterocycles. The summed E-state index contributed by atoms with van der Waals surface area (Å²) >= 11 is 0. The van der Waals surface area contributed by atoms with Gasteiger partial charge in [0.2, 0.25) is 5.91 Å². The summed E-state index contributed by atoms with van der Waals surface area (Å²) in [6, 6.07) is 8.35. The lowest BCUT2D eigenvalue weighted by atomic mass is 10.1. The molecule has 1 aliphatic rings. The third-order valence-corrected chi connectivity index (χ3v) is 3.81. The molecule has 2 rings (SSSR count). The molecule has 0 heterocycles. The molecule has 98 valence electrons. The molecule has 1 N–H and O–H groups in total. The molecule has 1 amide bonds. The Morgan fingerprint density at radius 3 is 2.28 bits per heavy atom. The van der Waals surface area contributed by atoms with Gasteiger partial charge in [0.1, 0.15) is 0 Å². The highest BCUT2D eigenvalue weighted by Gasteiger charge is 2.50. The van der Waals surface area contributed by atoms with Gasteiger partial charge in [0, 0.05) is 13.6 Å². The summed E-state index contributed by atoms with van der Waals surface area (Å²) < 4.78 is 0. The van der Waals surface area contributed by atoms with E-state index in [1.807, 2.05) is 7.05 Å². The maximum atomic E-state index is 12.2. The van der Waals surface area contributed by atoms with Gasteiger partial charge in [0.25, 0.3) is 0 Å². The second-order valence-corrected chi connectivity index (χ2v) is 5.27. The van der Waals surface area contributed by atoms with Crippen LogP contribution < -0.4 is 0 Å². The number of aliphatic hydroxyl groups excluding tert-OH is 1. The molecule has 0 bridgehead atoms. The van der Waals surface area contributed by atoms with Gasteiger partial charge in [0.15, 0.2) is 0 Å². The van der Waals surface area contributed by atoms with E-state index in [4.69, 9.17) is 0 Å². The average Bonchev–Trinajstić information content (AvgIpc) is 3.19. The molecule has 0 aromatic heterocycles. The molecule has 3 heteroatoms. The zero-order valence-corrected chi connectivity index (χ0v) is 11.1. The summed E-state index contributed by atoms with van der Waals surface area (Å²) in [5.74, 6) is 0.0737. The Bertz CT molecular complexity index is 421. The maximum Gasteiger partial charge on any atom is 0.231 e. The predicted octanol–water partition coefficient (Wildman–Crippen LogP) is 1.98. The lowest BCUT2D eigenvalue weighted by Gasteiger charge is -2.22. The van der Waals surface area contributed by atoms with Gasteiger partial charge in [-0.3, -0.25) is 4.79 Å². The Labute approximate surface area is 108 Å². The first-order valence-corrected chi connectivity index (χ1v) is 6.55. The fraction of sp³-hybridized carbons (Fsp3) is 0.533. The number of benzene rings is 1. The fourth-order valence-electron chi connectivity index (χ4n) is 2.22. The van der Waals surface area contributed by atoms with E-state index in [9.17, 15) is 9.90 Å². The predicted molar refractivity (Wildman–Crippen MR) is 71.0 cm³/mol. The SMILES string of the molecule is CCc1ccc(CN(C)C(=O)C2(CO)CC2)cc1. The van der Waals surface area contributed by atoms with Gasteiger partial charge in [-0.05, 0) is 30.4 Å². The first-order valence-electron chi connectivity index (χ1n) is 6.55. The average molecular weight is 247 g/mol. The van der Waals surface area contributed by atoms with E-state index in [1.54, 1.807) is 4.90 Å². The van der Waals surface area contributed by atoms with Crippen LogP contribution in [0, 0.1) is 5.41 Å². The third-order valence-electron chi connectivity index (χ3n) is 3.81. The van der Waals surface area contributed by atoms with Gasteiger partial charge in [-0.1, -0.05) is 31.2 Å². The second-order valence-electron chi connectivity index (χ2n) is 5.27. The summed E-state index contributed by atoms with van der Waals surface area (Å²) in [6.07, 6.45) is 2.67. The smallest absolute Gasteiger partial charge is 0.231 e. The molecule has 1 aromatic rings. The summed E-state index contributed by atoms with van der Waals surface area (Å²) in [4.78, 5) is 13.9. The minimum absolute atomic E-state index is 0.0229. The monoisotopic (exact) mass is 247 g/mol. The number of amides is 1. The standard InChI is InChI=1S/C15H21NO2/c1-3-12-4-6-13(7-5-12)10-16(2)14(18)15(11-17)8-9-15/h4-7,17H,3,8-11H2,1-2H3. The van der Waals surface area contributed by atoms with Crippen LogP contribution in [-0.2, 0) is 17.8 Å².